The van der Waals surface area contributed by atoms with Crippen LogP contribution in [0.1, 0.15) is 5.56 Å². The average Bonchev–Trinajstić information content (AvgIpc) is 2.79. The molecule has 8 nitrogen and oxygen atoms in total. The number of hydrogen-bond acceptors (Lipinski definition) is 7. The van der Waals surface area contributed by atoms with E-state index in [1.165, 1.54) is 16.7 Å². The van der Waals surface area contributed by atoms with Crippen LogP contribution >= 0.6 is 0 Å². The van der Waals surface area contributed by atoms with Gasteiger partial charge >= 0.3 is 6.18 Å². The number of rotatable bonds is 4. The molecule has 3 heterocycles. The van der Waals surface area contributed by atoms with Crippen molar-refractivity contribution in [1.29, 1.82) is 0 Å². The summed E-state index contributed by atoms with van der Waals surface area (Å²) in [6.45, 7) is 4.73. The Morgan fingerprint density at radius 3 is 1.97 bits per heavy atom. The van der Waals surface area contributed by atoms with E-state index in [0.29, 0.717) is 25.0 Å². The Balaban J connectivity index is 1.44. The van der Waals surface area contributed by atoms with Gasteiger partial charge in [0.15, 0.2) is 0 Å². The first-order valence-corrected chi connectivity index (χ1v) is 11.8. The molecule has 0 atom stereocenters. The summed E-state index contributed by atoms with van der Waals surface area (Å²) in [5.41, 5.74) is -0.977. The van der Waals surface area contributed by atoms with Crippen LogP contribution in [0.3, 0.4) is 0 Å². The highest BCUT2D eigenvalue weighted by Crippen LogP contribution is 2.31. The van der Waals surface area contributed by atoms with Crippen LogP contribution in [0.2, 0.25) is 0 Å². The summed E-state index contributed by atoms with van der Waals surface area (Å²) in [5.74, 6) is 1.55. The topological polar surface area (TPSA) is 72.9 Å². The molecule has 174 valence electrons. The molecular formula is C20H25F3N6O2S. The number of sulfonamides is 1. The van der Waals surface area contributed by atoms with Gasteiger partial charge in [0, 0.05) is 58.4 Å². The monoisotopic (exact) mass is 470 g/mol. The molecule has 2 saturated heterocycles. The molecule has 0 unspecified atom stereocenters. The quantitative estimate of drug-likeness (QED) is 0.674. The van der Waals surface area contributed by atoms with Crippen LogP contribution in [-0.2, 0) is 16.2 Å². The maximum Gasteiger partial charge on any atom is 0.416 e. The van der Waals surface area contributed by atoms with E-state index in [9.17, 15) is 21.6 Å². The predicted molar refractivity (Wildman–Crippen MR) is 114 cm³/mol. The van der Waals surface area contributed by atoms with Gasteiger partial charge in [-0.3, -0.25) is 0 Å². The van der Waals surface area contributed by atoms with Crippen molar-refractivity contribution < 1.29 is 21.6 Å². The highest BCUT2D eigenvalue weighted by molar-refractivity contribution is 7.89. The molecule has 2 fully saturated rings. The number of halogens is 3. The summed E-state index contributed by atoms with van der Waals surface area (Å²) in [6.07, 6.45) is -3.09. The fourth-order valence-electron chi connectivity index (χ4n) is 3.86. The van der Waals surface area contributed by atoms with Gasteiger partial charge in [0.1, 0.15) is 18.0 Å². The van der Waals surface area contributed by atoms with E-state index in [2.05, 4.69) is 26.8 Å². The Labute approximate surface area is 185 Å². The van der Waals surface area contributed by atoms with E-state index in [1.54, 1.807) is 0 Å². The van der Waals surface area contributed by atoms with E-state index in [4.69, 9.17) is 0 Å². The molecule has 0 aliphatic carbocycles. The third-order valence-electron chi connectivity index (χ3n) is 5.83. The first kappa shape index (κ1) is 22.7. The molecular weight excluding hydrogens is 445 g/mol. The Kier molecular flexibility index (Phi) is 6.28. The minimum Gasteiger partial charge on any atom is -0.354 e. The molecule has 2 aliphatic heterocycles. The number of piperazine rings is 2. The summed E-state index contributed by atoms with van der Waals surface area (Å²) >= 11 is 0. The fraction of sp³-hybridized carbons (Fsp3) is 0.500. The molecule has 1 aromatic carbocycles. The van der Waals surface area contributed by atoms with Crippen LogP contribution in [0.4, 0.5) is 24.8 Å². The lowest BCUT2D eigenvalue weighted by atomic mass is 10.2. The fourth-order valence-corrected chi connectivity index (χ4v) is 5.33. The molecule has 2 aliphatic rings. The van der Waals surface area contributed by atoms with Gasteiger partial charge in [-0.15, -0.1) is 0 Å². The van der Waals surface area contributed by atoms with Gasteiger partial charge in [0.05, 0.1) is 10.5 Å². The summed E-state index contributed by atoms with van der Waals surface area (Å²) in [6, 6.07) is 5.77. The molecule has 0 N–H and O–H groups in total. The van der Waals surface area contributed by atoms with Crippen molar-refractivity contribution in [2.24, 2.45) is 0 Å². The number of nitrogens with zero attached hydrogens (tertiary/aromatic N) is 6. The van der Waals surface area contributed by atoms with E-state index < -0.39 is 21.8 Å². The van der Waals surface area contributed by atoms with Gasteiger partial charge in [-0.1, -0.05) is 6.07 Å². The summed E-state index contributed by atoms with van der Waals surface area (Å²) < 4.78 is 66.0. The van der Waals surface area contributed by atoms with Crippen LogP contribution in [0.5, 0.6) is 0 Å². The maximum atomic E-state index is 13.0. The van der Waals surface area contributed by atoms with Gasteiger partial charge in [-0.25, -0.2) is 18.4 Å². The number of benzene rings is 1. The lowest BCUT2D eigenvalue weighted by Gasteiger charge is -2.36. The Morgan fingerprint density at radius 1 is 0.844 bits per heavy atom. The van der Waals surface area contributed by atoms with E-state index in [-0.39, 0.29) is 18.0 Å². The van der Waals surface area contributed by atoms with Gasteiger partial charge in [0.25, 0.3) is 0 Å². The third kappa shape index (κ3) is 4.81. The Bertz CT molecular complexity index is 1050. The van der Waals surface area contributed by atoms with Crippen molar-refractivity contribution in [2.75, 3.05) is 69.2 Å². The van der Waals surface area contributed by atoms with Gasteiger partial charge in [-0.05, 0) is 25.2 Å². The maximum absolute atomic E-state index is 13.0. The molecule has 1 aromatic heterocycles. The molecule has 32 heavy (non-hydrogen) atoms. The standard InChI is InChI=1S/C20H25F3N6O2S/c1-26-5-7-27(8-6-26)18-14-19(25-15-24-18)28-9-11-29(12-10-28)32(30,31)17-4-2-3-16(13-17)20(21,22)23/h2-4,13-15H,5-12H2,1H3. The molecule has 0 amide bonds. The zero-order valence-corrected chi connectivity index (χ0v) is 18.5. The number of likely N-dealkylation sites (N-methyl/N-ethyl adjacent to an activating group) is 1. The van der Waals surface area contributed by atoms with Gasteiger partial charge in [0.2, 0.25) is 10.0 Å². The van der Waals surface area contributed by atoms with E-state index >= 15 is 0 Å². The zero-order valence-electron chi connectivity index (χ0n) is 17.7. The van der Waals surface area contributed by atoms with Gasteiger partial charge < -0.3 is 14.7 Å². The molecule has 12 heteroatoms. The number of alkyl halides is 3. The molecule has 0 saturated carbocycles. The number of aromatic nitrogens is 2. The largest absolute Gasteiger partial charge is 0.416 e. The van der Waals surface area contributed by atoms with Crippen molar-refractivity contribution in [1.82, 2.24) is 19.2 Å². The second-order valence-corrected chi connectivity index (χ2v) is 9.88. The second-order valence-electron chi connectivity index (χ2n) is 7.94. The van der Waals surface area contributed by atoms with Crippen LogP contribution in [0.25, 0.3) is 0 Å². The predicted octanol–water partition coefficient (Wildman–Crippen LogP) is 1.76. The van der Waals surface area contributed by atoms with E-state index in [0.717, 1.165) is 44.1 Å². The Morgan fingerprint density at radius 2 is 1.41 bits per heavy atom. The summed E-state index contributed by atoms with van der Waals surface area (Å²) in [7, 11) is -1.94. The normalized spacial score (nSPS) is 19.4. The first-order chi connectivity index (χ1) is 15.1. The SMILES string of the molecule is CN1CCN(c2cc(N3CCN(S(=O)(=O)c4cccc(C(F)(F)F)c4)CC3)ncn2)CC1. The lowest BCUT2D eigenvalue weighted by molar-refractivity contribution is -0.137. The Hall–Kier alpha value is -2.44. The second kappa shape index (κ2) is 8.83. The zero-order chi connectivity index (χ0) is 22.9. The van der Waals surface area contributed by atoms with Crippen LogP contribution in [0.15, 0.2) is 41.6 Å². The lowest BCUT2D eigenvalue weighted by Crippen LogP contribution is -2.49. The minimum atomic E-state index is -4.60. The smallest absolute Gasteiger partial charge is 0.354 e. The molecule has 2 aromatic rings. The van der Waals surface area contributed by atoms with Crippen molar-refractivity contribution >= 4 is 21.7 Å². The third-order valence-corrected chi connectivity index (χ3v) is 7.72. The van der Waals surface area contributed by atoms with Crippen LogP contribution in [0, 0.1) is 0 Å². The van der Waals surface area contributed by atoms with Crippen molar-refractivity contribution in [3.8, 4) is 0 Å². The summed E-state index contributed by atoms with van der Waals surface area (Å²) in [5, 5.41) is 0. The molecule has 0 radical (unpaired) electrons. The average molecular weight is 471 g/mol. The van der Waals surface area contributed by atoms with Crippen molar-refractivity contribution in [3.05, 3.63) is 42.2 Å². The summed E-state index contributed by atoms with van der Waals surface area (Å²) in [4.78, 5) is 14.8. The molecule has 4 rings (SSSR count). The highest BCUT2D eigenvalue weighted by atomic mass is 32.2. The number of anilines is 2. The van der Waals surface area contributed by atoms with E-state index in [1.807, 2.05) is 11.0 Å². The number of hydrogen-bond donors (Lipinski definition) is 0. The molecule has 0 spiro atoms. The highest BCUT2D eigenvalue weighted by Gasteiger charge is 2.34. The van der Waals surface area contributed by atoms with Crippen LogP contribution < -0.4 is 9.80 Å². The first-order valence-electron chi connectivity index (χ1n) is 10.3. The van der Waals surface area contributed by atoms with Crippen LogP contribution in [-0.4, -0.2) is 87.0 Å². The van der Waals surface area contributed by atoms with Gasteiger partial charge in [-0.2, -0.15) is 17.5 Å². The van der Waals surface area contributed by atoms with Crippen molar-refractivity contribution in [3.63, 3.8) is 0 Å². The molecule has 0 bridgehead atoms. The minimum absolute atomic E-state index is 0.159. The van der Waals surface area contributed by atoms with Crippen molar-refractivity contribution in [2.45, 2.75) is 11.1 Å².